The van der Waals surface area contributed by atoms with Crippen molar-refractivity contribution in [1.82, 2.24) is 10.2 Å². The summed E-state index contributed by atoms with van der Waals surface area (Å²) >= 11 is 1.33. The van der Waals surface area contributed by atoms with Crippen LogP contribution in [-0.2, 0) is 11.0 Å². The van der Waals surface area contributed by atoms with E-state index in [1.807, 2.05) is 0 Å². The van der Waals surface area contributed by atoms with Crippen molar-refractivity contribution in [3.05, 3.63) is 64.2 Å². The molecule has 26 heavy (non-hydrogen) atoms. The van der Waals surface area contributed by atoms with Gasteiger partial charge < -0.3 is 4.74 Å². The largest absolute Gasteiger partial charge is 0.459 e. The SMILES string of the molecule is CN1C=C(Oc2cccc(C(F)(F)F)c2)CN1OCC(=O)c1cccs1. The van der Waals surface area contributed by atoms with Gasteiger partial charge in [0, 0.05) is 7.05 Å². The molecule has 3 rings (SSSR count). The van der Waals surface area contributed by atoms with E-state index >= 15 is 0 Å². The molecule has 1 aromatic carbocycles. The number of hydrogen-bond acceptors (Lipinski definition) is 6. The van der Waals surface area contributed by atoms with Gasteiger partial charge in [0.25, 0.3) is 0 Å². The highest BCUT2D eigenvalue weighted by Crippen LogP contribution is 2.32. The summed E-state index contributed by atoms with van der Waals surface area (Å²) in [5.41, 5.74) is -0.781. The van der Waals surface area contributed by atoms with Crippen molar-refractivity contribution in [2.45, 2.75) is 6.18 Å². The number of thiophene rings is 1. The number of nitrogens with zero attached hydrogens (tertiary/aromatic N) is 2. The van der Waals surface area contributed by atoms with E-state index in [1.165, 1.54) is 28.6 Å². The lowest BCUT2D eigenvalue weighted by molar-refractivity contribution is -0.236. The van der Waals surface area contributed by atoms with Crippen LogP contribution in [0.2, 0.25) is 0 Å². The number of hydrazine groups is 1. The Morgan fingerprint density at radius 1 is 1.27 bits per heavy atom. The van der Waals surface area contributed by atoms with Gasteiger partial charge in [0.1, 0.15) is 24.7 Å². The second-order valence-electron chi connectivity index (χ2n) is 5.48. The van der Waals surface area contributed by atoms with Crippen molar-refractivity contribution in [2.24, 2.45) is 0 Å². The van der Waals surface area contributed by atoms with Crippen LogP contribution in [0.4, 0.5) is 13.2 Å². The topological polar surface area (TPSA) is 42.0 Å². The second kappa shape index (κ2) is 7.48. The van der Waals surface area contributed by atoms with Crippen LogP contribution in [0, 0.1) is 0 Å². The molecule has 1 aliphatic rings. The Bertz CT molecular complexity index is 806. The summed E-state index contributed by atoms with van der Waals surface area (Å²) in [4.78, 5) is 18.0. The number of halogens is 3. The summed E-state index contributed by atoms with van der Waals surface area (Å²) in [6.45, 7) is 0.0278. The highest BCUT2D eigenvalue weighted by molar-refractivity contribution is 7.12. The summed E-state index contributed by atoms with van der Waals surface area (Å²) in [5, 5.41) is 4.76. The average molecular weight is 384 g/mol. The van der Waals surface area contributed by atoms with Crippen LogP contribution in [0.3, 0.4) is 0 Å². The van der Waals surface area contributed by atoms with E-state index in [4.69, 9.17) is 9.57 Å². The van der Waals surface area contributed by atoms with Gasteiger partial charge in [0.2, 0.25) is 5.78 Å². The van der Waals surface area contributed by atoms with Crippen molar-refractivity contribution in [2.75, 3.05) is 20.2 Å². The van der Waals surface area contributed by atoms with Gasteiger partial charge in [-0.25, -0.2) is 0 Å². The fourth-order valence-corrected chi connectivity index (χ4v) is 2.93. The fraction of sp³-hybridized carbons (Fsp3) is 0.235. The van der Waals surface area contributed by atoms with Gasteiger partial charge in [-0.05, 0) is 29.6 Å². The van der Waals surface area contributed by atoms with Crippen LogP contribution in [0.5, 0.6) is 5.75 Å². The predicted molar refractivity (Wildman–Crippen MR) is 89.2 cm³/mol. The third kappa shape index (κ3) is 4.43. The molecule has 0 aliphatic carbocycles. The maximum atomic E-state index is 12.8. The number of hydrogen-bond donors (Lipinski definition) is 0. The summed E-state index contributed by atoms with van der Waals surface area (Å²) < 4.78 is 43.8. The summed E-state index contributed by atoms with van der Waals surface area (Å²) in [5.74, 6) is 0.326. The van der Waals surface area contributed by atoms with Gasteiger partial charge in [-0.15, -0.1) is 11.3 Å². The molecule has 0 saturated carbocycles. The molecule has 0 bridgehead atoms. The van der Waals surface area contributed by atoms with Crippen molar-refractivity contribution >= 4 is 17.1 Å². The van der Waals surface area contributed by atoms with E-state index in [1.54, 1.807) is 35.8 Å². The minimum atomic E-state index is -4.43. The number of carbonyl (C=O) groups is 1. The van der Waals surface area contributed by atoms with Gasteiger partial charge in [0.05, 0.1) is 16.6 Å². The Morgan fingerprint density at radius 2 is 2.08 bits per heavy atom. The number of hydroxylamine groups is 1. The zero-order valence-electron chi connectivity index (χ0n) is 13.7. The lowest BCUT2D eigenvalue weighted by Crippen LogP contribution is -2.34. The van der Waals surface area contributed by atoms with Gasteiger partial charge in [-0.1, -0.05) is 17.3 Å². The maximum absolute atomic E-state index is 12.8. The fourth-order valence-electron chi connectivity index (χ4n) is 2.28. The standard InChI is InChI=1S/C17H15F3N2O3S/c1-21-9-14(25-13-5-2-4-12(8-13)17(18,19)20)10-22(21)24-11-15(23)16-6-3-7-26-16/h2-9H,10-11H2,1H3. The number of rotatable bonds is 6. The van der Waals surface area contributed by atoms with Crippen LogP contribution in [0.25, 0.3) is 0 Å². The van der Waals surface area contributed by atoms with Crippen molar-refractivity contribution < 1.29 is 27.5 Å². The minimum absolute atomic E-state index is 0.0796. The highest BCUT2D eigenvalue weighted by atomic mass is 32.1. The molecular formula is C17H15F3N2O3S. The quantitative estimate of drug-likeness (QED) is 0.705. The van der Waals surface area contributed by atoms with Gasteiger partial charge >= 0.3 is 6.18 Å². The first-order chi connectivity index (χ1) is 12.3. The Kier molecular flexibility index (Phi) is 5.30. The highest BCUT2D eigenvalue weighted by Gasteiger charge is 2.31. The van der Waals surface area contributed by atoms with E-state index in [9.17, 15) is 18.0 Å². The van der Waals surface area contributed by atoms with E-state index in [-0.39, 0.29) is 24.7 Å². The number of benzene rings is 1. The Hall–Kier alpha value is -2.36. The number of ether oxygens (including phenoxy) is 1. The second-order valence-corrected chi connectivity index (χ2v) is 6.43. The van der Waals surface area contributed by atoms with E-state index < -0.39 is 11.7 Å². The van der Waals surface area contributed by atoms with Crippen molar-refractivity contribution in [3.8, 4) is 5.75 Å². The predicted octanol–water partition coefficient (Wildman–Crippen LogP) is 3.96. The molecule has 5 nitrogen and oxygen atoms in total. The molecule has 1 aromatic heterocycles. The summed E-state index contributed by atoms with van der Waals surface area (Å²) in [6, 6.07) is 8.14. The van der Waals surface area contributed by atoms with Gasteiger partial charge in [-0.3, -0.25) is 14.6 Å². The van der Waals surface area contributed by atoms with E-state index in [0.717, 1.165) is 12.1 Å². The maximum Gasteiger partial charge on any atom is 0.416 e. The number of carbonyl (C=O) groups excluding carboxylic acids is 1. The number of ketones is 1. The molecule has 2 heterocycles. The molecule has 0 spiro atoms. The molecule has 0 fully saturated rings. The number of alkyl halides is 3. The third-order valence-electron chi connectivity index (χ3n) is 3.52. The lowest BCUT2D eigenvalue weighted by atomic mass is 10.2. The molecule has 0 saturated heterocycles. The smallest absolute Gasteiger partial charge is 0.416 e. The van der Waals surface area contributed by atoms with Crippen LogP contribution in [-0.4, -0.2) is 36.2 Å². The molecule has 0 amide bonds. The Labute approximate surface area is 151 Å². The first kappa shape index (κ1) is 18.4. The van der Waals surface area contributed by atoms with Crippen LogP contribution in [0.15, 0.2) is 53.7 Å². The van der Waals surface area contributed by atoms with E-state index in [0.29, 0.717) is 10.6 Å². The van der Waals surface area contributed by atoms with Crippen LogP contribution in [0.1, 0.15) is 15.2 Å². The molecule has 0 unspecified atom stereocenters. The van der Waals surface area contributed by atoms with Gasteiger partial charge in [-0.2, -0.15) is 13.2 Å². The molecule has 2 aromatic rings. The molecular weight excluding hydrogens is 369 g/mol. The monoisotopic (exact) mass is 384 g/mol. The van der Waals surface area contributed by atoms with Gasteiger partial charge in [0.15, 0.2) is 0 Å². The summed E-state index contributed by atoms with van der Waals surface area (Å²) in [6.07, 6.45) is -2.85. The molecule has 0 N–H and O–H groups in total. The lowest BCUT2D eigenvalue weighted by Gasteiger charge is -2.22. The summed E-state index contributed by atoms with van der Waals surface area (Å²) in [7, 11) is 1.68. The number of Topliss-reactive ketones (excluding diaryl/α,β-unsaturated/α-hetero) is 1. The molecule has 0 radical (unpaired) electrons. The van der Waals surface area contributed by atoms with Crippen molar-refractivity contribution in [3.63, 3.8) is 0 Å². The van der Waals surface area contributed by atoms with E-state index in [2.05, 4.69) is 0 Å². The van der Waals surface area contributed by atoms with Crippen LogP contribution < -0.4 is 4.74 Å². The van der Waals surface area contributed by atoms with Crippen molar-refractivity contribution in [1.29, 1.82) is 0 Å². The molecule has 0 atom stereocenters. The minimum Gasteiger partial charge on any atom is -0.459 e. The average Bonchev–Trinajstić information content (AvgIpc) is 3.22. The zero-order chi connectivity index (χ0) is 18.7. The Balaban J connectivity index is 1.57. The van der Waals surface area contributed by atoms with Crippen LogP contribution >= 0.6 is 11.3 Å². The Morgan fingerprint density at radius 3 is 2.77 bits per heavy atom. The first-order valence-corrected chi connectivity index (χ1v) is 8.46. The molecule has 9 heteroatoms. The normalized spacial score (nSPS) is 15.2. The molecule has 1 aliphatic heterocycles. The first-order valence-electron chi connectivity index (χ1n) is 7.58. The third-order valence-corrected chi connectivity index (χ3v) is 4.44. The molecule has 138 valence electrons. The zero-order valence-corrected chi connectivity index (χ0v) is 14.5.